The van der Waals surface area contributed by atoms with Crippen LogP contribution in [0.1, 0.15) is 12.0 Å². The van der Waals surface area contributed by atoms with E-state index in [2.05, 4.69) is 9.68 Å². The smallest absolute Gasteiger partial charge is 0.266 e. The van der Waals surface area contributed by atoms with Gasteiger partial charge in [0.1, 0.15) is 5.82 Å². The molecular formula is C10H7F3N2O. The van der Waals surface area contributed by atoms with Crippen molar-refractivity contribution in [3.8, 4) is 11.1 Å². The summed E-state index contributed by atoms with van der Waals surface area (Å²) in [7, 11) is 0. The fraction of sp³-hybridized carbons (Fsp3) is 0.100. The molecule has 0 radical (unpaired) electrons. The first-order valence-electron chi connectivity index (χ1n) is 4.37. The fourth-order valence-electron chi connectivity index (χ4n) is 1.34. The third-order valence-corrected chi connectivity index (χ3v) is 2.14. The molecule has 0 atom stereocenters. The summed E-state index contributed by atoms with van der Waals surface area (Å²) in [5, 5.41) is 3.41. The summed E-state index contributed by atoms with van der Waals surface area (Å²) in [6.07, 6.45) is -1.54. The molecule has 0 aliphatic rings. The maximum absolute atomic E-state index is 13.3. The van der Waals surface area contributed by atoms with Crippen molar-refractivity contribution in [2.75, 3.05) is 5.73 Å². The van der Waals surface area contributed by atoms with E-state index in [4.69, 9.17) is 5.73 Å². The van der Waals surface area contributed by atoms with Gasteiger partial charge in [0.15, 0.2) is 0 Å². The average Bonchev–Trinajstić information content (AvgIpc) is 2.63. The Morgan fingerprint density at radius 1 is 1.31 bits per heavy atom. The van der Waals surface area contributed by atoms with Crippen LogP contribution >= 0.6 is 0 Å². The van der Waals surface area contributed by atoms with Crippen LogP contribution in [-0.2, 0) is 0 Å². The summed E-state index contributed by atoms with van der Waals surface area (Å²) in [6.45, 7) is 0. The van der Waals surface area contributed by atoms with E-state index >= 15 is 0 Å². The molecule has 1 aromatic heterocycles. The molecule has 1 heterocycles. The Balaban J connectivity index is 2.46. The zero-order valence-corrected chi connectivity index (χ0v) is 7.95. The molecule has 2 rings (SSSR count). The summed E-state index contributed by atoms with van der Waals surface area (Å²) in [5.74, 6) is -0.961. The topological polar surface area (TPSA) is 52.0 Å². The van der Waals surface area contributed by atoms with Gasteiger partial charge in [-0.05, 0) is 17.7 Å². The molecule has 6 heteroatoms. The normalized spacial score (nSPS) is 11.0. The molecule has 0 aliphatic carbocycles. The molecular weight excluding hydrogens is 221 g/mol. The Hall–Kier alpha value is -1.98. The first-order valence-corrected chi connectivity index (χ1v) is 4.37. The molecule has 0 saturated carbocycles. The number of nitrogens with zero attached hydrogens (tertiary/aromatic N) is 1. The van der Waals surface area contributed by atoms with E-state index < -0.39 is 17.8 Å². The Bertz CT molecular complexity index is 511. The van der Waals surface area contributed by atoms with Gasteiger partial charge in [0.2, 0.25) is 5.88 Å². The Morgan fingerprint density at radius 3 is 2.56 bits per heavy atom. The quantitative estimate of drug-likeness (QED) is 0.859. The Morgan fingerprint density at radius 2 is 2.06 bits per heavy atom. The van der Waals surface area contributed by atoms with Crippen molar-refractivity contribution in [3.05, 3.63) is 35.8 Å². The molecule has 2 aromatic rings. The summed E-state index contributed by atoms with van der Waals surface area (Å²) >= 11 is 0. The number of alkyl halides is 2. The highest BCUT2D eigenvalue weighted by Crippen LogP contribution is 2.29. The van der Waals surface area contributed by atoms with Gasteiger partial charge in [-0.15, -0.1) is 0 Å². The predicted molar refractivity (Wildman–Crippen MR) is 51.3 cm³/mol. The molecule has 0 aliphatic heterocycles. The minimum atomic E-state index is -2.84. The number of nitrogens with two attached hydrogens (primary N) is 1. The van der Waals surface area contributed by atoms with Gasteiger partial charge in [0.05, 0.1) is 17.3 Å². The van der Waals surface area contributed by atoms with Crippen LogP contribution in [0.25, 0.3) is 11.1 Å². The van der Waals surface area contributed by atoms with Gasteiger partial charge in [-0.25, -0.2) is 13.2 Å². The number of hydrogen-bond acceptors (Lipinski definition) is 3. The maximum Gasteiger partial charge on any atom is 0.266 e. The lowest BCUT2D eigenvalue weighted by Gasteiger charge is -2.03. The highest BCUT2D eigenvalue weighted by atomic mass is 19.3. The fourth-order valence-corrected chi connectivity index (χ4v) is 1.34. The molecule has 2 N–H and O–H groups in total. The van der Waals surface area contributed by atoms with Gasteiger partial charge in [-0.3, -0.25) is 0 Å². The third kappa shape index (κ3) is 1.73. The van der Waals surface area contributed by atoms with Crippen LogP contribution in [0.2, 0.25) is 0 Å². The van der Waals surface area contributed by atoms with E-state index in [9.17, 15) is 13.2 Å². The first-order chi connectivity index (χ1) is 7.59. The molecule has 0 saturated heterocycles. The molecule has 0 unspecified atom stereocenters. The van der Waals surface area contributed by atoms with Crippen LogP contribution in [-0.4, -0.2) is 5.16 Å². The van der Waals surface area contributed by atoms with E-state index in [1.54, 1.807) is 0 Å². The van der Waals surface area contributed by atoms with E-state index in [1.165, 1.54) is 12.3 Å². The molecule has 1 aromatic carbocycles. The lowest BCUT2D eigenvalue weighted by atomic mass is 10.1. The molecule has 0 fully saturated rings. The van der Waals surface area contributed by atoms with Crippen molar-refractivity contribution < 1.29 is 17.7 Å². The zero-order chi connectivity index (χ0) is 11.7. The van der Waals surface area contributed by atoms with Gasteiger partial charge in [0.25, 0.3) is 6.43 Å². The molecule has 16 heavy (non-hydrogen) atoms. The van der Waals surface area contributed by atoms with Crippen molar-refractivity contribution in [1.29, 1.82) is 0 Å². The van der Waals surface area contributed by atoms with Crippen LogP contribution in [0.4, 0.5) is 19.1 Å². The zero-order valence-electron chi connectivity index (χ0n) is 7.95. The van der Waals surface area contributed by atoms with Crippen LogP contribution in [0.15, 0.2) is 28.9 Å². The Kier molecular flexibility index (Phi) is 2.55. The Labute approximate surface area is 88.7 Å². The second-order valence-corrected chi connectivity index (χ2v) is 3.14. The van der Waals surface area contributed by atoms with Crippen molar-refractivity contribution in [2.45, 2.75) is 6.43 Å². The monoisotopic (exact) mass is 228 g/mol. The van der Waals surface area contributed by atoms with Crippen molar-refractivity contribution >= 4 is 5.88 Å². The first kappa shape index (κ1) is 10.5. The van der Waals surface area contributed by atoms with Crippen LogP contribution < -0.4 is 5.73 Å². The molecule has 0 amide bonds. The number of nitrogen functional groups attached to an aromatic ring is 1. The van der Waals surface area contributed by atoms with Crippen LogP contribution in [0, 0.1) is 5.82 Å². The number of rotatable bonds is 2. The number of benzene rings is 1. The summed E-state index contributed by atoms with van der Waals surface area (Å²) in [5.41, 5.74) is 5.50. The molecule has 0 spiro atoms. The third-order valence-electron chi connectivity index (χ3n) is 2.14. The van der Waals surface area contributed by atoms with Crippen molar-refractivity contribution in [3.63, 3.8) is 0 Å². The minimum absolute atomic E-state index is 0.0178. The second-order valence-electron chi connectivity index (χ2n) is 3.14. The predicted octanol–water partition coefficient (Wildman–Crippen LogP) is 3.00. The van der Waals surface area contributed by atoms with E-state index in [0.29, 0.717) is 11.1 Å². The number of hydrogen-bond donors (Lipinski definition) is 1. The maximum atomic E-state index is 13.3. The molecule has 3 nitrogen and oxygen atoms in total. The molecule has 0 bridgehead atoms. The minimum Gasteiger partial charge on any atom is -0.367 e. The van der Waals surface area contributed by atoms with Gasteiger partial charge in [-0.1, -0.05) is 11.2 Å². The van der Waals surface area contributed by atoms with Crippen molar-refractivity contribution in [1.82, 2.24) is 5.16 Å². The summed E-state index contributed by atoms with van der Waals surface area (Å²) < 4.78 is 42.4. The largest absolute Gasteiger partial charge is 0.367 e. The number of halogens is 3. The van der Waals surface area contributed by atoms with Crippen molar-refractivity contribution in [2.24, 2.45) is 0 Å². The number of aromatic nitrogens is 1. The highest BCUT2D eigenvalue weighted by molar-refractivity contribution is 5.71. The lowest BCUT2D eigenvalue weighted by Crippen LogP contribution is -1.92. The molecule has 84 valence electrons. The summed E-state index contributed by atoms with van der Waals surface area (Å²) in [4.78, 5) is 0. The van der Waals surface area contributed by atoms with Gasteiger partial charge >= 0.3 is 0 Å². The number of anilines is 1. The second kappa shape index (κ2) is 3.88. The van der Waals surface area contributed by atoms with Crippen LogP contribution in [0.5, 0.6) is 0 Å². The van der Waals surface area contributed by atoms with Gasteiger partial charge in [-0.2, -0.15) is 0 Å². The summed E-state index contributed by atoms with van der Waals surface area (Å²) in [6, 6.07) is 3.33. The van der Waals surface area contributed by atoms with Crippen LogP contribution in [0.3, 0.4) is 0 Å². The SMILES string of the molecule is Nc1oncc1-c1ccc(C(F)F)c(F)c1. The van der Waals surface area contributed by atoms with E-state index in [-0.39, 0.29) is 5.88 Å². The standard InChI is InChI=1S/C10H7F3N2O/c11-8-3-5(1-2-6(8)9(12)13)7-4-15-16-10(7)14/h1-4,9H,14H2. The van der Waals surface area contributed by atoms with Gasteiger partial charge in [0, 0.05) is 0 Å². The van der Waals surface area contributed by atoms with E-state index in [1.807, 2.05) is 0 Å². The highest BCUT2D eigenvalue weighted by Gasteiger charge is 2.15. The average molecular weight is 228 g/mol. The lowest BCUT2D eigenvalue weighted by molar-refractivity contribution is 0.146. The van der Waals surface area contributed by atoms with Gasteiger partial charge < -0.3 is 10.3 Å². The van der Waals surface area contributed by atoms with E-state index in [0.717, 1.165) is 12.1 Å².